The second kappa shape index (κ2) is 6.19. The van der Waals surface area contributed by atoms with Crippen LogP contribution in [0.1, 0.15) is 35.3 Å². The number of rotatable bonds is 4. The van der Waals surface area contributed by atoms with E-state index in [1.165, 1.54) is 22.0 Å². The summed E-state index contributed by atoms with van der Waals surface area (Å²) in [5.74, 6) is 2.34. The Bertz CT molecular complexity index is 1380. The smallest absolute Gasteiger partial charge is 0.280 e. The standard InChI is InChI=1S/C21H19N7O2/c1-11-3-4-22-15(5-11)12-6-13-14(7-12)17(13)19-25-16(30-26-19)8-28-10-24-20-18(21(28)29)27(2)9-23-20/h3-6,9-10,13-14,17H,7-8H2,1-2H3/t13-,14+,17+/m0/s1. The van der Waals surface area contributed by atoms with Gasteiger partial charge < -0.3 is 9.09 Å². The van der Waals surface area contributed by atoms with Gasteiger partial charge in [-0.1, -0.05) is 11.2 Å². The maximum absolute atomic E-state index is 12.7. The molecule has 0 saturated heterocycles. The molecule has 6 rings (SSSR count). The highest BCUT2D eigenvalue weighted by atomic mass is 16.5. The Morgan fingerprint density at radius 3 is 2.90 bits per heavy atom. The van der Waals surface area contributed by atoms with Crippen LogP contribution in [0.4, 0.5) is 0 Å². The van der Waals surface area contributed by atoms with E-state index in [1.54, 1.807) is 17.9 Å². The summed E-state index contributed by atoms with van der Waals surface area (Å²) in [5, 5.41) is 4.18. The molecule has 9 heteroatoms. The van der Waals surface area contributed by atoms with Gasteiger partial charge in [0.15, 0.2) is 17.0 Å². The van der Waals surface area contributed by atoms with Gasteiger partial charge in [-0.05, 0) is 48.4 Å². The molecule has 150 valence electrons. The average Bonchev–Trinajstić information content (AvgIpc) is 3.16. The van der Waals surface area contributed by atoms with E-state index < -0.39 is 0 Å². The van der Waals surface area contributed by atoms with E-state index in [1.807, 2.05) is 12.3 Å². The van der Waals surface area contributed by atoms with Crippen molar-refractivity contribution in [2.24, 2.45) is 18.9 Å². The number of hydrogen-bond acceptors (Lipinski definition) is 7. The number of aryl methyl sites for hydroxylation is 2. The van der Waals surface area contributed by atoms with E-state index in [9.17, 15) is 4.79 Å². The first kappa shape index (κ1) is 17.3. The highest BCUT2D eigenvalue weighted by Gasteiger charge is 2.55. The zero-order valence-corrected chi connectivity index (χ0v) is 16.6. The summed E-state index contributed by atoms with van der Waals surface area (Å²) in [6, 6.07) is 4.14. The summed E-state index contributed by atoms with van der Waals surface area (Å²) in [6.07, 6.45) is 8.19. The van der Waals surface area contributed by atoms with Gasteiger partial charge >= 0.3 is 0 Å². The molecule has 4 aromatic rings. The first-order valence-corrected chi connectivity index (χ1v) is 9.91. The number of imidazole rings is 1. The molecule has 2 aliphatic carbocycles. The van der Waals surface area contributed by atoms with Crippen LogP contribution in [0, 0.1) is 18.8 Å². The van der Waals surface area contributed by atoms with E-state index in [0.717, 1.165) is 17.9 Å². The van der Waals surface area contributed by atoms with Gasteiger partial charge in [0, 0.05) is 19.2 Å². The summed E-state index contributed by atoms with van der Waals surface area (Å²) in [4.78, 5) is 30.1. The summed E-state index contributed by atoms with van der Waals surface area (Å²) in [7, 11) is 1.77. The molecule has 0 spiro atoms. The van der Waals surface area contributed by atoms with Crippen molar-refractivity contribution >= 4 is 16.7 Å². The van der Waals surface area contributed by atoms with Crippen LogP contribution in [0.2, 0.25) is 0 Å². The molecule has 1 saturated carbocycles. The van der Waals surface area contributed by atoms with Crippen LogP contribution in [0.5, 0.6) is 0 Å². The molecule has 3 atom stereocenters. The molecule has 0 N–H and O–H groups in total. The first-order chi connectivity index (χ1) is 14.6. The molecule has 0 radical (unpaired) electrons. The van der Waals surface area contributed by atoms with E-state index in [-0.39, 0.29) is 18.0 Å². The SMILES string of the molecule is Cc1ccnc(C2=C[C@H]3[C@@H](C2)[C@@H]3c2noc(Cn3cnc4ncn(C)c4c3=O)n2)c1. The van der Waals surface area contributed by atoms with E-state index >= 15 is 0 Å². The van der Waals surface area contributed by atoms with Crippen molar-refractivity contribution in [3.8, 4) is 0 Å². The topological polar surface area (TPSA) is 105 Å². The van der Waals surface area contributed by atoms with E-state index in [0.29, 0.717) is 28.9 Å². The molecule has 0 aromatic carbocycles. The molecule has 1 fully saturated rings. The summed E-state index contributed by atoms with van der Waals surface area (Å²) >= 11 is 0. The lowest BCUT2D eigenvalue weighted by molar-refractivity contribution is 0.364. The molecule has 9 nitrogen and oxygen atoms in total. The number of pyridine rings is 1. The number of allylic oxidation sites excluding steroid dienone is 2. The Hall–Kier alpha value is -3.62. The largest absolute Gasteiger partial charge is 0.337 e. The van der Waals surface area contributed by atoms with Gasteiger partial charge in [-0.3, -0.25) is 14.3 Å². The maximum atomic E-state index is 12.7. The van der Waals surface area contributed by atoms with Gasteiger partial charge in [0.25, 0.3) is 5.56 Å². The Balaban J connectivity index is 1.21. The lowest BCUT2D eigenvalue weighted by atomic mass is 10.0. The summed E-state index contributed by atoms with van der Waals surface area (Å²) in [5.41, 5.74) is 4.29. The molecule has 2 aliphatic rings. The molecule has 0 amide bonds. The van der Waals surface area contributed by atoms with Crippen molar-refractivity contribution in [1.82, 2.24) is 34.2 Å². The fourth-order valence-corrected chi connectivity index (χ4v) is 4.51. The van der Waals surface area contributed by atoms with E-state index in [2.05, 4.69) is 44.2 Å². The van der Waals surface area contributed by atoms with Crippen molar-refractivity contribution in [3.05, 3.63) is 70.4 Å². The van der Waals surface area contributed by atoms with Gasteiger partial charge in [-0.25, -0.2) is 9.97 Å². The first-order valence-electron chi connectivity index (χ1n) is 9.91. The normalized spacial score (nSPS) is 22.3. The molecular formula is C21H19N7O2. The van der Waals surface area contributed by atoms with Crippen molar-refractivity contribution in [1.29, 1.82) is 0 Å². The fourth-order valence-electron chi connectivity index (χ4n) is 4.51. The van der Waals surface area contributed by atoms with Crippen LogP contribution in [0.25, 0.3) is 16.7 Å². The monoisotopic (exact) mass is 401 g/mol. The minimum Gasteiger partial charge on any atom is -0.337 e. The van der Waals surface area contributed by atoms with Crippen LogP contribution in [-0.4, -0.2) is 34.2 Å². The Morgan fingerprint density at radius 2 is 2.10 bits per heavy atom. The number of hydrogen-bond donors (Lipinski definition) is 0. The van der Waals surface area contributed by atoms with Crippen LogP contribution in [0.3, 0.4) is 0 Å². The predicted octanol–water partition coefficient (Wildman–Crippen LogP) is 2.08. The minimum atomic E-state index is -0.179. The highest BCUT2D eigenvalue weighted by molar-refractivity contribution is 5.69. The van der Waals surface area contributed by atoms with Crippen molar-refractivity contribution in [3.63, 3.8) is 0 Å². The second-order valence-electron chi connectivity index (χ2n) is 8.13. The average molecular weight is 401 g/mol. The van der Waals surface area contributed by atoms with Crippen LogP contribution < -0.4 is 5.56 Å². The number of nitrogens with zero attached hydrogens (tertiary/aromatic N) is 7. The summed E-state index contributed by atoms with van der Waals surface area (Å²) < 4.78 is 8.57. The Morgan fingerprint density at radius 1 is 1.23 bits per heavy atom. The molecule has 0 bridgehead atoms. The van der Waals surface area contributed by atoms with Gasteiger partial charge in [0.1, 0.15) is 12.9 Å². The van der Waals surface area contributed by atoms with Crippen LogP contribution in [0.15, 0.2) is 46.4 Å². The lowest BCUT2D eigenvalue weighted by Crippen LogP contribution is -2.22. The van der Waals surface area contributed by atoms with Crippen LogP contribution >= 0.6 is 0 Å². The predicted molar refractivity (Wildman–Crippen MR) is 107 cm³/mol. The van der Waals surface area contributed by atoms with Gasteiger partial charge in [-0.2, -0.15) is 4.98 Å². The Labute approximate surface area is 171 Å². The lowest BCUT2D eigenvalue weighted by Gasteiger charge is -2.05. The second-order valence-corrected chi connectivity index (χ2v) is 8.13. The molecule has 4 heterocycles. The third-order valence-corrected chi connectivity index (χ3v) is 6.11. The molecule has 4 aromatic heterocycles. The van der Waals surface area contributed by atoms with E-state index in [4.69, 9.17) is 4.52 Å². The minimum absolute atomic E-state index is 0.179. The van der Waals surface area contributed by atoms with Crippen molar-refractivity contribution < 1.29 is 4.52 Å². The molecule has 0 aliphatic heterocycles. The third-order valence-electron chi connectivity index (χ3n) is 6.11. The van der Waals surface area contributed by atoms with Gasteiger partial charge in [0.05, 0.1) is 12.0 Å². The molecule has 30 heavy (non-hydrogen) atoms. The quantitative estimate of drug-likeness (QED) is 0.515. The van der Waals surface area contributed by atoms with Gasteiger partial charge in [-0.15, -0.1) is 0 Å². The summed E-state index contributed by atoms with van der Waals surface area (Å²) in [6.45, 7) is 2.27. The van der Waals surface area contributed by atoms with Crippen molar-refractivity contribution in [2.45, 2.75) is 25.8 Å². The number of aromatic nitrogens is 7. The van der Waals surface area contributed by atoms with Crippen molar-refractivity contribution in [2.75, 3.05) is 0 Å². The highest BCUT2D eigenvalue weighted by Crippen LogP contribution is 2.62. The Kier molecular flexibility index (Phi) is 3.56. The fraction of sp³-hybridized carbons (Fsp3) is 0.333. The number of fused-ring (bicyclic) bond motifs is 2. The molecule has 0 unspecified atom stereocenters. The van der Waals surface area contributed by atoms with Crippen LogP contribution in [-0.2, 0) is 13.6 Å². The maximum Gasteiger partial charge on any atom is 0.280 e. The third kappa shape index (κ3) is 2.62. The molecular weight excluding hydrogens is 382 g/mol. The zero-order chi connectivity index (χ0) is 20.4. The van der Waals surface area contributed by atoms with Gasteiger partial charge in [0.2, 0.25) is 5.89 Å². The zero-order valence-electron chi connectivity index (χ0n) is 16.6.